The zero-order chi connectivity index (χ0) is 22.2. The molecule has 2 aromatic rings. The summed E-state index contributed by atoms with van der Waals surface area (Å²) in [5.41, 5.74) is 5.01. The Morgan fingerprint density at radius 2 is 1.97 bits per heavy atom. The van der Waals surface area contributed by atoms with E-state index in [2.05, 4.69) is 57.7 Å². The van der Waals surface area contributed by atoms with E-state index in [1.165, 1.54) is 29.7 Å². The van der Waals surface area contributed by atoms with Crippen LogP contribution >= 0.6 is 0 Å². The van der Waals surface area contributed by atoms with E-state index >= 15 is 0 Å². The first-order valence-electron chi connectivity index (χ1n) is 11.5. The maximum atomic E-state index is 5.46. The summed E-state index contributed by atoms with van der Waals surface area (Å²) in [6.45, 7) is 8.12. The van der Waals surface area contributed by atoms with Gasteiger partial charge >= 0.3 is 0 Å². The maximum absolute atomic E-state index is 5.46. The van der Waals surface area contributed by atoms with Crippen LogP contribution < -0.4 is 15.4 Å². The topological polar surface area (TPSA) is 66.7 Å². The summed E-state index contributed by atoms with van der Waals surface area (Å²) in [4.78, 5) is 7.03. The Labute approximate surface area is 186 Å². The highest BCUT2D eigenvalue weighted by Crippen LogP contribution is 2.27. The van der Waals surface area contributed by atoms with Crippen molar-refractivity contribution in [2.24, 2.45) is 12.0 Å². The summed E-state index contributed by atoms with van der Waals surface area (Å²) in [5, 5.41) is 11.8. The van der Waals surface area contributed by atoms with Gasteiger partial charge in [0.25, 0.3) is 0 Å². The molecule has 1 aliphatic rings. The first kappa shape index (κ1) is 23.1. The molecule has 1 unspecified atom stereocenters. The van der Waals surface area contributed by atoms with Gasteiger partial charge in [0.15, 0.2) is 5.96 Å². The molecule has 0 aliphatic carbocycles. The third-order valence-corrected chi connectivity index (χ3v) is 6.21. The van der Waals surface area contributed by atoms with E-state index in [0.717, 1.165) is 56.4 Å². The first-order valence-corrected chi connectivity index (χ1v) is 11.5. The van der Waals surface area contributed by atoms with E-state index in [9.17, 15) is 0 Å². The van der Waals surface area contributed by atoms with Crippen molar-refractivity contribution in [1.29, 1.82) is 0 Å². The number of guanidine groups is 1. The first-order chi connectivity index (χ1) is 15.1. The van der Waals surface area contributed by atoms with Gasteiger partial charge in [0.2, 0.25) is 0 Å². The van der Waals surface area contributed by atoms with Crippen LogP contribution in [-0.2, 0) is 26.4 Å². The molecule has 1 aromatic heterocycles. The number of aliphatic imine (C=N–C) groups is 1. The lowest BCUT2D eigenvalue weighted by atomic mass is 10.1. The Morgan fingerprint density at radius 3 is 2.61 bits per heavy atom. The molecule has 0 amide bonds. The maximum Gasteiger partial charge on any atom is 0.191 e. The number of likely N-dealkylation sites (tertiary alicyclic amines) is 1. The van der Waals surface area contributed by atoms with Crippen molar-refractivity contribution in [3.8, 4) is 5.75 Å². The molecule has 1 atom stereocenters. The van der Waals surface area contributed by atoms with E-state index in [1.54, 1.807) is 7.11 Å². The van der Waals surface area contributed by atoms with E-state index < -0.39 is 0 Å². The van der Waals surface area contributed by atoms with Crippen LogP contribution in [-0.4, -0.2) is 54.4 Å². The zero-order valence-electron chi connectivity index (χ0n) is 19.7. The standard InChI is InChI=1S/C24H38N6O/c1-6-21-20(22(7-2)29(4)28-21)16-26-24(25-3)27-17-23(30-13-8-9-14-30)18-11-10-12-19(15-18)31-5/h10-12,15,23H,6-9,13-14,16-17H2,1-5H3,(H2,25,26,27). The molecule has 2 heterocycles. The quantitative estimate of drug-likeness (QED) is 0.477. The van der Waals surface area contributed by atoms with Crippen LogP contribution in [0.5, 0.6) is 5.75 Å². The molecule has 3 rings (SSSR count). The minimum atomic E-state index is 0.284. The summed E-state index contributed by atoms with van der Waals surface area (Å²) in [5.74, 6) is 1.72. The molecule has 7 nitrogen and oxygen atoms in total. The van der Waals surface area contributed by atoms with Gasteiger partial charge in [0.05, 0.1) is 18.8 Å². The minimum absolute atomic E-state index is 0.284. The number of nitrogens with one attached hydrogen (secondary N) is 2. The summed E-state index contributed by atoms with van der Waals surface area (Å²) in [7, 11) is 5.58. The summed E-state index contributed by atoms with van der Waals surface area (Å²) < 4.78 is 7.48. The van der Waals surface area contributed by atoms with Gasteiger partial charge in [0.1, 0.15) is 5.75 Å². The van der Waals surface area contributed by atoms with Crippen molar-refractivity contribution >= 4 is 5.96 Å². The smallest absolute Gasteiger partial charge is 0.191 e. The van der Waals surface area contributed by atoms with Crippen LogP contribution in [0.1, 0.15) is 55.2 Å². The van der Waals surface area contributed by atoms with E-state index in [0.29, 0.717) is 0 Å². The van der Waals surface area contributed by atoms with Crippen LogP contribution in [0, 0.1) is 0 Å². The fourth-order valence-corrected chi connectivity index (χ4v) is 4.54. The van der Waals surface area contributed by atoms with Crippen LogP contribution in [0.4, 0.5) is 0 Å². The molecule has 2 N–H and O–H groups in total. The van der Waals surface area contributed by atoms with Gasteiger partial charge in [-0.3, -0.25) is 14.6 Å². The molecule has 31 heavy (non-hydrogen) atoms. The number of hydrogen-bond acceptors (Lipinski definition) is 4. The second kappa shape index (κ2) is 11.2. The van der Waals surface area contributed by atoms with Crippen molar-refractivity contribution in [2.45, 2.75) is 52.1 Å². The third kappa shape index (κ3) is 5.58. The van der Waals surface area contributed by atoms with Gasteiger partial charge in [-0.25, -0.2) is 0 Å². The van der Waals surface area contributed by atoms with Crippen molar-refractivity contribution < 1.29 is 4.74 Å². The van der Waals surface area contributed by atoms with Crippen LogP contribution in [0.25, 0.3) is 0 Å². The molecule has 0 spiro atoms. The normalized spacial score (nSPS) is 15.8. The molecule has 1 saturated heterocycles. The highest BCUT2D eigenvalue weighted by atomic mass is 16.5. The predicted octanol–water partition coefficient (Wildman–Crippen LogP) is 3.06. The average Bonchev–Trinajstić information content (AvgIpc) is 3.43. The van der Waals surface area contributed by atoms with E-state index in [-0.39, 0.29) is 6.04 Å². The average molecular weight is 427 g/mol. The molecule has 1 aliphatic heterocycles. The lowest BCUT2D eigenvalue weighted by molar-refractivity contribution is 0.245. The van der Waals surface area contributed by atoms with Gasteiger partial charge in [-0.2, -0.15) is 5.10 Å². The predicted molar refractivity (Wildman–Crippen MR) is 127 cm³/mol. The second-order valence-corrected chi connectivity index (χ2v) is 8.04. The Kier molecular flexibility index (Phi) is 8.35. The molecule has 1 fully saturated rings. The van der Waals surface area contributed by atoms with Crippen molar-refractivity contribution in [3.63, 3.8) is 0 Å². The lowest BCUT2D eigenvalue weighted by Crippen LogP contribution is -2.42. The number of rotatable bonds is 9. The molecule has 170 valence electrons. The van der Waals surface area contributed by atoms with E-state index in [1.807, 2.05) is 24.8 Å². The molecule has 1 aromatic carbocycles. The second-order valence-electron chi connectivity index (χ2n) is 8.04. The summed E-state index contributed by atoms with van der Waals surface area (Å²) in [6, 6.07) is 8.71. The van der Waals surface area contributed by atoms with Gasteiger partial charge in [-0.15, -0.1) is 0 Å². The van der Waals surface area contributed by atoms with Gasteiger partial charge < -0.3 is 15.4 Å². The van der Waals surface area contributed by atoms with Crippen LogP contribution in [0.3, 0.4) is 0 Å². The Balaban J connectivity index is 1.69. The fourth-order valence-electron chi connectivity index (χ4n) is 4.54. The highest BCUT2D eigenvalue weighted by molar-refractivity contribution is 5.79. The monoisotopic (exact) mass is 426 g/mol. The number of hydrogen-bond donors (Lipinski definition) is 2. The number of ether oxygens (including phenoxy) is 1. The molecular weight excluding hydrogens is 388 g/mol. The third-order valence-electron chi connectivity index (χ3n) is 6.21. The molecule has 0 saturated carbocycles. The Hall–Kier alpha value is -2.54. The minimum Gasteiger partial charge on any atom is -0.497 e. The molecule has 7 heteroatoms. The molecular formula is C24H38N6O. The largest absolute Gasteiger partial charge is 0.497 e. The number of aryl methyl sites for hydroxylation is 2. The summed E-state index contributed by atoms with van der Waals surface area (Å²) >= 11 is 0. The Bertz CT molecular complexity index is 869. The van der Waals surface area contributed by atoms with Crippen molar-refractivity contribution in [2.75, 3.05) is 33.8 Å². The highest BCUT2D eigenvalue weighted by Gasteiger charge is 2.24. The van der Waals surface area contributed by atoms with Gasteiger partial charge in [0, 0.05) is 38.4 Å². The molecule has 0 bridgehead atoms. The van der Waals surface area contributed by atoms with Crippen molar-refractivity contribution in [1.82, 2.24) is 25.3 Å². The van der Waals surface area contributed by atoms with Gasteiger partial charge in [-0.05, 0) is 56.5 Å². The lowest BCUT2D eigenvalue weighted by Gasteiger charge is -2.29. The summed E-state index contributed by atoms with van der Waals surface area (Å²) in [6.07, 6.45) is 4.42. The number of methoxy groups -OCH3 is 1. The van der Waals surface area contributed by atoms with Crippen LogP contribution in [0.2, 0.25) is 0 Å². The number of nitrogens with zero attached hydrogens (tertiary/aromatic N) is 4. The van der Waals surface area contributed by atoms with Crippen LogP contribution in [0.15, 0.2) is 29.3 Å². The Morgan fingerprint density at radius 1 is 1.19 bits per heavy atom. The van der Waals surface area contributed by atoms with Gasteiger partial charge in [-0.1, -0.05) is 26.0 Å². The van der Waals surface area contributed by atoms with E-state index in [4.69, 9.17) is 4.74 Å². The van der Waals surface area contributed by atoms with Crippen molar-refractivity contribution in [3.05, 3.63) is 46.8 Å². The number of benzene rings is 1. The molecule has 0 radical (unpaired) electrons. The number of aromatic nitrogens is 2. The SMILES string of the molecule is CCc1nn(C)c(CC)c1CNC(=NC)NCC(c1cccc(OC)c1)N1CCCC1. The fraction of sp³-hybridized carbons (Fsp3) is 0.583. The zero-order valence-corrected chi connectivity index (χ0v) is 19.7.